The molecule has 0 amide bonds. The number of carbonyl (C=O) groups is 1. The Morgan fingerprint density at radius 2 is 2.14 bits per heavy atom. The molecule has 146 valence electrons. The molecule has 2 heterocycles. The number of benzene rings is 1. The van der Waals surface area contributed by atoms with E-state index >= 15 is 0 Å². The van der Waals surface area contributed by atoms with Gasteiger partial charge in [0.25, 0.3) is 0 Å². The van der Waals surface area contributed by atoms with Crippen LogP contribution in [0.25, 0.3) is 11.1 Å². The van der Waals surface area contributed by atoms with Crippen molar-refractivity contribution >= 4 is 5.97 Å². The Morgan fingerprint density at radius 1 is 1.32 bits per heavy atom. The molecule has 1 aromatic carbocycles. The third-order valence-electron chi connectivity index (χ3n) is 4.04. The highest BCUT2D eigenvalue weighted by atomic mass is 19.1. The molecule has 9 heteroatoms. The highest BCUT2D eigenvalue weighted by Gasteiger charge is 2.11. The quantitative estimate of drug-likeness (QED) is 0.634. The monoisotopic (exact) mass is 385 g/mol. The van der Waals surface area contributed by atoms with Gasteiger partial charge in [-0.2, -0.15) is 0 Å². The van der Waals surface area contributed by atoms with Gasteiger partial charge in [-0.05, 0) is 36.9 Å². The first-order valence-corrected chi connectivity index (χ1v) is 8.52. The molecule has 0 atom stereocenters. The van der Waals surface area contributed by atoms with Gasteiger partial charge in [0.1, 0.15) is 11.6 Å². The fourth-order valence-corrected chi connectivity index (χ4v) is 2.87. The standard InChI is InChI=1S/C19H20FN5O3/c1-24(12-19(26)27)10-16-11-25(23-22-16)9-13-5-14(8-21-7-13)17-6-15(20)3-4-18(17)28-2/h3-8,11H,9-10,12H2,1-2H3,(H,26,27). The van der Waals surface area contributed by atoms with Gasteiger partial charge in [-0.15, -0.1) is 5.10 Å². The second kappa shape index (κ2) is 8.57. The molecular formula is C19H20FN5O3. The SMILES string of the molecule is COc1ccc(F)cc1-c1cncc(Cn2cc(CN(C)CC(=O)O)nn2)c1. The smallest absolute Gasteiger partial charge is 0.317 e. The molecule has 0 aliphatic carbocycles. The van der Waals surface area contributed by atoms with Crippen molar-refractivity contribution in [2.45, 2.75) is 13.1 Å². The molecule has 3 rings (SSSR count). The molecule has 0 spiro atoms. The Balaban J connectivity index is 1.75. The minimum atomic E-state index is -0.898. The number of hydrogen-bond donors (Lipinski definition) is 1. The third-order valence-corrected chi connectivity index (χ3v) is 4.04. The minimum absolute atomic E-state index is 0.0751. The molecule has 0 unspecified atom stereocenters. The number of likely N-dealkylation sites (N-methyl/N-ethyl adjacent to an activating group) is 1. The van der Waals surface area contributed by atoms with Crippen LogP contribution in [0.2, 0.25) is 0 Å². The van der Waals surface area contributed by atoms with Crippen LogP contribution in [-0.4, -0.2) is 56.7 Å². The van der Waals surface area contributed by atoms with E-state index in [0.29, 0.717) is 30.1 Å². The number of hydrogen-bond acceptors (Lipinski definition) is 6. The van der Waals surface area contributed by atoms with E-state index in [1.165, 1.54) is 19.2 Å². The maximum atomic E-state index is 13.7. The molecule has 3 aromatic rings. The number of aliphatic carboxylic acids is 1. The normalized spacial score (nSPS) is 11.0. The van der Waals surface area contributed by atoms with E-state index in [2.05, 4.69) is 15.3 Å². The first kappa shape index (κ1) is 19.4. The van der Waals surface area contributed by atoms with Crippen molar-refractivity contribution in [1.29, 1.82) is 0 Å². The second-order valence-electron chi connectivity index (χ2n) is 6.40. The molecule has 0 saturated heterocycles. The van der Waals surface area contributed by atoms with Crippen LogP contribution < -0.4 is 4.74 Å². The van der Waals surface area contributed by atoms with Crippen LogP contribution >= 0.6 is 0 Å². The summed E-state index contributed by atoms with van der Waals surface area (Å²) >= 11 is 0. The number of rotatable bonds is 8. The van der Waals surface area contributed by atoms with E-state index in [1.54, 1.807) is 41.3 Å². The number of carboxylic acid groups (broad SMARTS) is 1. The van der Waals surface area contributed by atoms with Gasteiger partial charge in [0, 0.05) is 30.1 Å². The van der Waals surface area contributed by atoms with Crippen LogP contribution in [0, 0.1) is 5.82 Å². The van der Waals surface area contributed by atoms with Crippen LogP contribution in [0.3, 0.4) is 0 Å². The highest BCUT2D eigenvalue weighted by molar-refractivity contribution is 5.70. The average molecular weight is 385 g/mol. The van der Waals surface area contributed by atoms with E-state index in [9.17, 15) is 9.18 Å². The first-order valence-electron chi connectivity index (χ1n) is 8.52. The largest absolute Gasteiger partial charge is 0.496 e. The number of methoxy groups -OCH3 is 1. The minimum Gasteiger partial charge on any atom is -0.496 e. The van der Waals surface area contributed by atoms with Crippen molar-refractivity contribution < 1.29 is 19.0 Å². The Bertz CT molecular complexity index is 976. The Morgan fingerprint density at radius 3 is 2.89 bits per heavy atom. The summed E-state index contributed by atoms with van der Waals surface area (Å²) in [5, 5.41) is 17.0. The summed E-state index contributed by atoms with van der Waals surface area (Å²) in [6.45, 7) is 0.730. The van der Waals surface area contributed by atoms with E-state index in [4.69, 9.17) is 9.84 Å². The Labute approximate surface area is 161 Å². The van der Waals surface area contributed by atoms with Gasteiger partial charge in [0.2, 0.25) is 0 Å². The van der Waals surface area contributed by atoms with Gasteiger partial charge in [-0.25, -0.2) is 9.07 Å². The zero-order valence-electron chi connectivity index (χ0n) is 15.5. The molecule has 28 heavy (non-hydrogen) atoms. The molecule has 8 nitrogen and oxygen atoms in total. The van der Waals surface area contributed by atoms with Crippen molar-refractivity contribution in [3.8, 4) is 16.9 Å². The van der Waals surface area contributed by atoms with Crippen molar-refractivity contribution in [3.05, 3.63) is 59.9 Å². The predicted molar refractivity (Wildman–Crippen MR) is 99.3 cm³/mol. The zero-order valence-corrected chi connectivity index (χ0v) is 15.5. The van der Waals surface area contributed by atoms with Crippen molar-refractivity contribution in [2.24, 2.45) is 0 Å². The van der Waals surface area contributed by atoms with Crippen LogP contribution in [0.15, 0.2) is 42.9 Å². The van der Waals surface area contributed by atoms with Crippen LogP contribution in [0.1, 0.15) is 11.3 Å². The van der Waals surface area contributed by atoms with Gasteiger partial charge in [-0.3, -0.25) is 14.7 Å². The van der Waals surface area contributed by atoms with Gasteiger partial charge in [0.15, 0.2) is 0 Å². The lowest BCUT2D eigenvalue weighted by atomic mass is 10.0. The van der Waals surface area contributed by atoms with Gasteiger partial charge in [0.05, 0.1) is 32.1 Å². The second-order valence-corrected chi connectivity index (χ2v) is 6.40. The van der Waals surface area contributed by atoms with E-state index < -0.39 is 5.97 Å². The summed E-state index contributed by atoms with van der Waals surface area (Å²) in [6.07, 6.45) is 5.11. The number of carboxylic acids is 1. The van der Waals surface area contributed by atoms with Crippen LogP contribution in [0.4, 0.5) is 4.39 Å². The Hall–Kier alpha value is -3.33. The molecule has 0 aliphatic rings. The summed E-state index contributed by atoms with van der Waals surface area (Å²) in [5.74, 6) is -0.692. The summed E-state index contributed by atoms with van der Waals surface area (Å²) in [7, 11) is 3.24. The van der Waals surface area contributed by atoms with Crippen LogP contribution in [0.5, 0.6) is 5.75 Å². The first-order chi connectivity index (χ1) is 13.4. The van der Waals surface area contributed by atoms with Gasteiger partial charge in [-0.1, -0.05) is 5.21 Å². The van der Waals surface area contributed by atoms with E-state index in [0.717, 1.165) is 11.1 Å². The Kier molecular flexibility index (Phi) is 5.95. The molecule has 0 radical (unpaired) electrons. The van der Waals surface area contributed by atoms with Crippen molar-refractivity contribution in [1.82, 2.24) is 24.9 Å². The highest BCUT2D eigenvalue weighted by Crippen LogP contribution is 2.30. The molecule has 0 saturated carbocycles. The summed E-state index contributed by atoms with van der Waals surface area (Å²) in [4.78, 5) is 16.6. The molecule has 0 aliphatic heterocycles. The van der Waals surface area contributed by atoms with Crippen LogP contribution in [-0.2, 0) is 17.9 Å². The summed E-state index contributed by atoms with van der Waals surface area (Å²) in [5.41, 5.74) is 2.88. The number of halogens is 1. The lowest BCUT2D eigenvalue weighted by Crippen LogP contribution is -2.25. The van der Waals surface area contributed by atoms with Crippen molar-refractivity contribution in [3.63, 3.8) is 0 Å². The number of pyridine rings is 1. The maximum absolute atomic E-state index is 13.7. The predicted octanol–water partition coefficient (Wildman–Crippen LogP) is 2.05. The maximum Gasteiger partial charge on any atom is 0.317 e. The third kappa shape index (κ3) is 4.89. The topological polar surface area (TPSA) is 93.4 Å². The molecule has 0 fully saturated rings. The molecule has 2 aromatic heterocycles. The number of nitrogens with zero attached hydrogens (tertiary/aromatic N) is 5. The summed E-state index contributed by atoms with van der Waals surface area (Å²) < 4.78 is 20.6. The zero-order chi connectivity index (χ0) is 20.1. The number of ether oxygens (including phenoxy) is 1. The van der Waals surface area contributed by atoms with E-state index in [1.807, 2.05) is 6.07 Å². The fourth-order valence-electron chi connectivity index (χ4n) is 2.87. The molecule has 1 N–H and O–H groups in total. The number of aromatic nitrogens is 4. The molecule has 0 bridgehead atoms. The van der Waals surface area contributed by atoms with Crippen molar-refractivity contribution in [2.75, 3.05) is 20.7 Å². The van der Waals surface area contributed by atoms with E-state index in [-0.39, 0.29) is 12.4 Å². The van der Waals surface area contributed by atoms with Gasteiger partial charge >= 0.3 is 5.97 Å². The lowest BCUT2D eigenvalue weighted by molar-refractivity contribution is -0.138. The molecular weight excluding hydrogens is 365 g/mol. The van der Waals surface area contributed by atoms with Gasteiger partial charge < -0.3 is 9.84 Å². The lowest BCUT2D eigenvalue weighted by Gasteiger charge is -2.11. The average Bonchev–Trinajstić information content (AvgIpc) is 3.07. The fraction of sp³-hybridized carbons (Fsp3) is 0.263. The summed E-state index contributed by atoms with van der Waals surface area (Å²) in [6, 6.07) is 6.22.